The summed E-state index contributed by atoms with van der Waals surface area (Å²) in [6.45, 7) is 0.455. The second-order valence-corrected chi connectivity index (χ2v) is 8.79. The van der Waals surface area contributed by atoms with Gasteiger partial charge >= 0.3 is 0 Å². The molecule has 172 valence electrons. The highest BCUT2D eigenvalue weighted by Crippen LogP contribution is 2.47. The molecule has 0 bridgehead atoms. The van der Waals surface area contributed by atoms with Gasteiger partial charge in [0.2, 0.25) is 11.7 Å². The fourth-order valence-electron chi connectivity index (χ4n) is 4.75. The van der Waals surface area contributed by atoms with Crippen LogP contribution in [0.25, 0.3) is 10.8 Å². The number of phenolic OH excluding ortho intramolecular Hbond substituents is 1. The molecule has 1 aliphatic heterocycles. The number of carbonyl (C=O) groups excluding carboxylic acids is 1. The molecule has 4 aromatic carbocycles. The Morgan fingerprint density at radius 2 is 1.65 bits per heavy atom. The van der Waals surface area contributed by atoms with Gasteiger partial charge in [0, 0.05) is 23.0 Å². The second kappa shape index (κ2) is 8.92. The Balaban J connectivity index is 1.69. The maximum absolute atomic E-state index is 13.5. The van der Waals surface area contributed by atoms with Crippen LogP contribution in [0.3, 0.4) is 0 Å². The summed E-state index contributed by atoms with van der Waals surface area (Å²) in [5, 5.41) is 13.3. The molecule has 4 aromatic rings. The van der Waals surface area contributed by atoms with Gasteiger partial charge in [0.25, 0.3) is 0 Å². The molecule has 5 rings (SSSR count). The van der Waals surface area contributed by atoms with Crippen molar-refractivity contribution in [3.63, 3.8) is 0 Å². The zero-order chi connectivity index (χ0) is 23.8. The van der Waals surface area contributed by atoms with Crippen molar-refractivity contribution in [3.8, 4) is 17.2 Å². The first-order valence-electron chi connectivity index (χ1n) is 11.0. The van der Waals surface area contributed by atoms with Gasteiger partial charge in [-0.05, 0) is 57.8 Å². The van der Waals surface area contributed by atoms with Crippen molar-refractivity contribution >= 4 is 34.0 Å². The van der Waals surface area contributed by atoms with Gasteiger partial charge in [-0.25, -0.2) is 0 Å². The summed E-state index contributed by atoms with van der Waals surface area (Å²) in [5.41, 5.74) is 3.80. The van der Waals surface area contributed by atoms with E-state index in [4.69, 9.17) is 21.1 Å². The Hall–Kier alpha value is -3.70. The van der Waals surface area contributed by atoms with E-state index < -0.39 is 0 Å². The van der Waals surface area contributed by atoms with Crippen molar-refractivity contribution < 1.29 is 19.4 Å². The van der Waals surface area contributed by atoms with E-state index in [0.717, 1.165) is 33.2 Å². The van der Waals surface area contributed by atoms with Crippen LogP contribution in [0, 0.1) is 0 Å². The molecule has 1 heterocycles. The van der Waals surface area contributed by atoms with Crippen LogP contribution < -0.4 is 14.4 Å². The number of ether oxygens (including phenoxy) is 2. The number of aromatic hydroxyl groups is 1. The minimum atomic E-state index is -0.224. The third-order valence-electron chi connectivity index (χ3n) is 6.43. The SMILES string of the molecule is COc1cc(C2CC(=O)N(Cc3ccc(Cl)cc3)c3ccc4ccccc4c32)cc(OC)c1O. The molecule has 1 unspecified atom stereocenters. The summed E-state index contributed by atoms with van der Waals surface area (Å²) in [6, 6.07) is 23.4. The molecule has 1 aliphatic rings. The number of benzene rings is 4. The minimum Gasteiger partial charge on any atom is -0.502 e. The lowest BCUT2D eigenvalue weighted by molar-refractivity contribution is -0.119. The largest absolute Gasteiger partial charge is 0.502 e. The summed E-state index contributed by atoms with van der Waals surface area (Å²) >= 11 is 6.06. The van der Waals surface area contributed by atoms with Crippen molar-refractivity contribution in [2.75, 3.05) is 19.1 Å². The lowest BCUT2D eigenvalue weighted by Crippen LogP contribution is -2.36. The molecule has 0 fully saturated rings. The quantitative estimate of drug-likeness (QED) is 0.370. The van der Waals surface area contributed by atoms with Crippen molar-refractivity contribution in [2.45, 2.75) is 18.9 Å². The zero-order valence-corrected chi connectivity index (χ0v) is 19.7. The van der Waals surface area contributed by atoms with E-state index in [1.807, 2.05) is 47.4 Å². The molecule has 1 atom stereocenters. The summed E-state index contributed by atoms with van der Waals surface area (Å²) in [4.78, 5) is 15.4. The summed E-state index contributed by atoms with van der Waals surface area (Å²) < 4.78 is 10.8. The van der Waals surface area contributed by atoms with E-state index in [-0.39, 0.29) is 24.0 Å². The summed E-state index contributed by atoms with van der Waals surface area (Å²) in [5.74, 6) is 0.366. The van der Waals surface area contributed by atoms with Crippen LogP contribution in [0.4, 0.5) is 5.69 Å². The Morgan fingerprint density at radius 3 is 2.32 bits per heavy atom. The Morgan fingerprint density at radius 1 is 0.971 bits per heavy atom. The number of rotatable bonds is 5. The Kier molecular flexibility index (Phi) is 5.80. The van der Waals surface area contributed by atoms with E-state index in [2.05, 4.69) is 18.2 Å². The lowest BCUT2D eigenvalue weighted by atomic mass is 9.81. The predicted octanol–water partition coefficient (Wildman–Crippen LogP) is 6.28. The van der Waals surface area contributed by atoms with Gasteiger partial charge in [-0.1, -0.05) is 54.1 Å². The topological polar surface area (TPSA) is 59.0 Å². The van der Waals surface area contributed by atoms with Crippen LogP contribution in [0.1, 0.15) is 29.0 Å². The highest BCUT2D eigenvalue weighted by molar-refractivity contribution is 6.30. The number of hydrogen-bond donors (Lipinski definition) is 1. The molecular weight excluding hydrogens is 450 g/mol. The van der Waals surface area contributed by atoms with Gasteiger partial charge in [0.15, 0.2) is 11.5 Å². The molecule has 0 aliphatic carbocycles. The van der Waals surface area contributed by atoms with Gasteiger partial charge in [0.05, 0.1) is 20.8 Å². The smallest absolute Gasteiger partial charge is 0.228 e. The van der Waals surface area contributed by atoms with Crippen LogP contribution in [0.2, 0.25) is 5.02 Å². The molecule has 34 heavy (non-hydrogen) atoms. The van der Waals surface area contributed by atoms with Crippen molar-refractivity contribution in [2.24, 2.45) is 0 Å². The van der Waals surface area contributed by atoms with Gasteiger partial charge in [-0.3, -0.25) is 4.79 Å². The summed E-state index contributed by atoms with van der Waals surface area (Å²) in [7, 11) is 3.00. The van der Waals surface area contributed by atoms with Crippen LogP contribution in [-0.4, -0.2) is 25.2 Å². The summed E-state index contributed by atoms with van der Waals surface area (Å²) in [6.07, 6.45) is 0.283. The third-order valence-corrected chi connectivity index (χ3v) is 6.68. The Labute approximate surface area is 203 Å². The van der Waals surface area contributed by atoms with Crippen molar-refractivity contribution in [3.05, 3.63) is 94.5 Å². The number of methoxy groups -OCH3 is 2. The first kappa shape index (κ1) is 22.1. The van der Waals surface area contributed by atoms with Gasteiger partial charge < -0.3 is 19.5 Å². The van der Waals surface area contributed by atoms with E-state index in [1.165, 1.54) is 14.2 Å². The van der Waals surface area contributed by atoms with E-state index in [9.17, 15) is 9.90 Å². The third kappa shape index (κ3) is 3.82. The predicted molar refractivity (Wildman–Crippen MR) is 134 cm³/mol. The van der Waals surface area contributed by atoms with Crippen molar-refractivity contribution in [1.29, 1.82) is 0 Å². The number of amides is 1. The van der Waals surface area contributed by atoms with E-state index >= 15 is 0 Å². The van der Waals surface area contributed by atoms with Gasteiger partial charge in [0.1, 0.15) is 0 Å². The van der Waals surface area contributed by atoms with Gasteiger partial charge in [-0.2, -0.15) is 0 Å². The first-order valence-corrected chi connectivity index (χ1v) is 11.4. The number of fused-ring (bicyclic) bond motifs is 3. The fourth-order valence-corrected chi connectivity index (χ4v) is 4.88. The number of hydrogen-bond acceptors (Lipinski definition) is 4. The van der Waals surface area contributed by atoms with Crippen LogP contribution in [0.15, 0.2) is 72.8 Å². The second-order valence-electron chi connectivity index (χ2n) is 8.36. The van der Waals surface area contributed by atoms with Crippen LogP contribution in [0.5, 0.6) is 17.2 Å². The van der Waals surface area contributed by atoms with E-state index in [0.29, 0.717) is 23.1 Å². The monoisotopic (exact) mass is 473 g/mol. The molecule has 0 spiro atoms. The lowest BCUT2D eigenvalue weighted by Gasteiger charge is -2.35. The molecule has 0 saturated carbocycles. The zero-order valence-electron chi connectivity index (χ0n) is 18.9. The highest BCUT2D eigenvalue weighted by Gasteiger charge is 2.34. The molecular formula is C28H24ClNO4. The average molecular weight is 474 g/mol. The maximum atomic E-state index is 13.5. The van der Waals surface area contributed by atoms with Crippen molar-refractivity contribution in [1.82, 2.24) is 0 Å². The molecule has 0 aromatic heterocycles. The first-order chi connectivity index (χ1) is 16.5. The molecule has 1 amide bonds. The van der Waals surface area contributed by atoms with Crippen LogP contribution >= 0.6 is 11.6 Å². The molecule has 1 N–H and O–H groups in total. The van der Waals surface area contributed by atoms with E-state index in [1.54, 1.807) is 12.1 Å². The number of nitrogens with zero attached hydrogens (tertiary/aromatic N) is 1. The Bertz CT molecular complexity index is 1360. The molecule has 6 heteroatoms. The molecule has 5 nitrogen and oxygen atoms in total. The standard InChI is InChI=1S/C28H24ClNO4/c1-33-24-13-19(14-25(34-2)28(24)32)22-15-26(31)30(16-17-7-10-20(29)11-8-17)23-12-9-18-5-3-4-6-21(18)27(22)23/h3-14,22,32H,15-16H2,1-2H3. The fraction of sp³-hybridized carbons (Fsp3) is 0.179. The number of anilines is 1. The normalized spacial score (nSPS) is 15.3. The van der Waals surface area contributed by atoms with Gasteiger partial charge in [-0.15, -0.1) is 0 Å². The number of carbonyl (C=O) groups is 1. The number of phenols is 1. The molecule has 0 radical (unpaired) electrons. The highest BCUT2D eigenvalue weighted by atomic mass is 35.5. The minimum absolute atomic E-state index is 0.0220. The van der Waals surface area contributed by atoms with Crippen LogP contribution in [-0.2, 0) is 11.3 Å². The average Bonchev–Trinajstić information content (AvgIpc) is 2.86. The number of halogens is 1. The maximum Gasteiger partial charge on any atom is 0.228 e. The molecule has 0 saturated heterocycles.